The van der Waals surface area contributed by atoms with E-state index in [4.69, 9.17) is 5.73 Å². The molecule has 2 rings (SSSR count). The highest BCUT2D eigenvalue weighted by atomic mass is 79.9. The minimum Gasteiger partial charge on any atom is -0.322 e. The Balaban J connectivity index is 2.22. The normalized spacial score (nSPS) is 12.0. The van der Waals surface area contributed by atoms with Gasteiger partial charge >= 0.3 is 0 Å². The lowest BCUT2D eigenvalue weighted by molar-refractivity contribution is -0.384. The minimum absolute atomic E-state index is 0.108. The van der Waals surface area contributed by atoms with Gasteiger partial charge in [0.15, 0.2) is 0 Å². The zero-order valence-electron chi connectivity index (χ0n) is 10.9. The predicted molar refractivity (Wildman–Crippen MR) is 83.5 cm³/mol. The zero-order valence-corrected chi connectivity index (χ0v) is 13.3. The van der Waals surface area contributed by atoms with Gasteiger partial charge in [0, 0.05) is 22.0 Å². The molecule has 110 valence electrons. The molecule has 1 heterocycles. The number of nitro benzene ring substituents is 1. The Morgan fingerprint density at radius 3 is 2.86 bits per heavy atom. The number of hydrogen-bond donors (Lipinski definition) is 2. The molecule has 1 amide bonds. The Labute approximate surface area is 132 Å². The average Bonchev–Trinajstić information content (AvgIpc) is 2.90. The number of nitrogens with zero attached hydrogens (tertiary/aromatic N) is 2. The van der Waals surface area contributed by atoms with Gasteiger partial charge in [0.1, 0.15) is 10.7 Å². The number of carbonyl (C=O) groups is 1. The van der Waals surface area contributed by atoms with Crippen LogP contribution >= 0.6 is 27.3 Å². The summed E-state index contributed by atoms with van der Waals surface area (Å²) in [6, 6.07) is 3.88. The molecule has 1 atom stereocenters. The fraction of sp³-hybridized carbons (Fsp3) is 0.167. The van der Waals surface area contributed by atoms with Crippen LogP contribution in [0.15, 0.2) is 28.1 Å². The topological polar surface area (TPSA) is 111 Å². The van der Waals surface area contributed by atoms with Crippen molar-refractivity contribution in [1.29, 1.82) is 0 Å². The first-order chi connectivity index (χ1) is 9.88. The smallest absolute Gasteiger partial charge is 0.275 e. The van der Waals surface area contributed by atoms with Crippen molar-refractivity contribution < 1.29 is 9.72 Å². The number of thiazole rings is 1. The third-order valence-electron chi connectivity index (χ3n) is 2.55. The van der Waals surface area contributed by atoms with Crippen molar-refractivity contribution >= 4 is 44.5 Å². The molecule has 0 aliphatic heterocycles. The number of nitrogens with one attached hydrogen (secondary N) is 1. The first kappa shape index (κ1) is 15.5. The first-order valence-electron chi connectivity index (χ1n) is 5.84. The lowest BCUT2D eigenvalue weighted by Crippen LogP contribution is -2.14. The van der Waals surface area contributed by atoms with Crippen LogP contribution in [0.25, 0.3) is 0 Å². The summed E-state index contributed by atoms with van der Waals surface area (Å²) in [5.74, 6) is -0.445. The van der Waals surface area contributed by atoms with Crippen LogP contribution in [0.4, 0.5) is 11.4 Å². The molecule has 0 saturated heterocycles. The van der Waals surface area contributed by atoms with Crippen molar-refractivity contribution in [2.75, 3.05) is 5.32 Å². The van der Waals surface area contributed by atoms with E-state index in [9.17, 15) is 14.9 Å². The fourth-order valence-corrected chi connectivity index (χ4v) is 2.61. The van der Waals surface area contributed by atoms with E-state index in [0.29, 0.717) is 15.2 Å². The number of non-ortho nitro benzene ring substituents is 1. The number of hydrogen-bond acceptors (Lipinski definition) is 6. The maximum absolute atomic E-state index is 12.1. The molecule has 9 heteroatoms. The van der Waals surface area contributed by atoms with Gasteiger partial charge in [0.2, 0.25) is 0 Å². The fourth-order valence-electron chi connectivity index (χ4n) is 1.51. The summed E-state index contributed by atoms with van der Waals surface area (Å²) in [6.07, 6.45) is 0. The number of carbonyl (C=O) groups excluding carboxylic acids is 1. The van der Waals surface area contributed by atoms with Crippen LogP contribution in [0.3, 0.4) is 0 Å². The molecule has 1 aromatic carbocycles. The van der Waals surface area contributed by atoms with Gasteiger partial charge in [-0.25, -0.2) is 4.98 Å². The highest BCUT2D eigenvalue weighted by Gasteiger charge is 2.16. The molecule has 7 nitrogen and oxygen atoms in total. The number of nitro groups is 1. The second-order valence-electron chi connectivity index (χ2n) is 4.24. The number of anilines is 1. The molecule has 0 bridgehead atoms. The molecule has 1 unspecified atom stereocenters. The second-order valence-corrected chi connectivity index (χ2v) is 5.98. The predicted octanol–water partition coefficient (Wildman–Crippen LogP) is 3.09. The summed E-state index contributed by atoms with van der Waals surface area (Å²) in [4.78, 5) is 26.4. The summed E-state index contributed by atoms with van der Waals surface area (Å²) in [5.41, 5.74) is 6.12. The summed E-state index contributed by atoms with van der Waals surface area (Å²) in [5, 5.41) is 15.6. The highest BCUT2D eigenvalue weighted by molar-refractivity contribution is 9.10. The largest absolute Gasteiger partial charge is 0.322 e. The molecule has 0 fully saturated rings. The third kappa shape index (κ3) is 3.63. The average molecular weight is 371 g/mol. The van der Waals surface area contributed by atoms with Gasteiger partial charge in [-0.05, 0) is 28.9 Å². The molecule has 0 radical (unpaired) electrons. The quantitative estimate of drug-likeness (QED) is 0.634. The third-order valence-corrected chi connectivity index (χ3v) is 4.29. The Bertz CT molecular complexity index is 702. The standard InChI is InChI=1S/C12H11BrN4O3S/c1-6(14)12-16-10(5-21-12)11(18)15-9-4-7(17(19)20)2-3-8(9)13/h2-6H,14H2,1H3,(H,15,18). The molecule has 0 aliphatic rings. The van der Waals surface area contributed by atoms with E-state index < -0.39 is 10.8 Å². The molecule has 2 aromatic rings. The second kappa shape index (κ2) is 6.29. The molecule has 0 saturated carbocycles. The molecule has 1 aromatic heterocycles. The van der Waals surface area contributed by atoms with Crippen LogP contribution in [-0.2, 0) is 0 Å². The van der Waals surface area contributed by atoms with E-state index in [2.05, 4.69) is 26.2 Å². The van der Waals surface area contributed by atoms with Crippen molar-refractivity contribution in [1.82, 2.24) is 4.98 Å². The maximum Gasteiger partial charge on any atom is 0.275 e. The van der Waals surface area contributed by atoms with Crippen LogP contribution in [0.1, 0.15) is 28.5 Å². The van der Waals surface area contributed by atoms with Crippen molar-refractivity contribution in [3.63, 3.8) is 0 Å². The molecule has 0 spiro atoms. The van der Waals surface area contributed by atoms with Crippen molar-refractivity contribution in [2.24, 2.45) is 5.73 Å². The number of benzene rings is 1. The van der Waals surface area contributed by atoms with E-state index >= 15 is 0 Å². The molecule has 0 aliphatic carbocycles. The van der Waals surface area contributed by atoms with Gasteiger partial charge in [-0.15, -0.1) is 11.3 Å². The maximum atomic E-state index is 12.1. The van der Waals surface area contributed by atoms with Crippen molar-refractivity contribution in [3.8, 4) is 0 Å². The summed E-state index contributed by atoms with van der Waals surface area (Å²) in [7, 11) is 0. The molecular weight excluding hydrogens is 360 g/mol. The molecule has 21 heavy (non-hydrogen) atoms. The van der Waals surface area contributed by atoms with E-state index in [1.165, 1.54) is 29.5 Å². The number of rotatable bonds is 4. The Hall–Kier alpha value is -1.84. The lowest BCUT2D eigenvalue weighted by atomic mass is 10.2. The molecule has 3 N–H and O–H groups in total. The van der Waals surface area contributed by atoms with Gasteiger partial charge in [-0.3, -0.25) is 14.9 Å². The summed E-state index contributed by atoms with van der Waals surface area (Å²) >= 11 is 4.53. The van der Waals surface area contributed by atoms with Crippen LogP contribution in [0.2, 0.25) is 0 Å². The Kier molecular flexibility index (Phi) is 4.66. The summed E-state index contributed by atoms with van der Waals surface area (Å²) < 4.78 is 0.545. The number of nitrogens with two attached hydrogens (primary N) is 1. The van der Waals surface area contributed by atoms with E-state index in [-0.39, 0.29) is 17.4 Å². The van der Waals surface area contributed by atoms with E-state index in [1.807, 2.05) is 0 Å². The number of aromatic nitrogens is 1. The molecular formula is C12H11BrN4O3S. The Morgan fingerprint density at radius 1 is 1.57 bits per heavy atom. The van der Waals surface area contributed by atoms with Gasteiger partial charge in [0.25, 0.3) is 11.6 Å². The monoisotopic (exact) mass is 370 g/mol. The SMILES string of the molecule is CC(N)c1nc(C(=O)Nc2cc([N+](=O)[O-])ccc2Br)cs1. The van der Waals surface area contributed by atoms with Gasteiger partial charge < -0.3 is 11.1 Å². The van der Waals surface area contributed by atoms with Crippen LogP contribution in [0, 0.1) is 10.1 Å². The van der Waals surface area contributed by atoms with Crippen LogP contribution in [0.5, 0.6) is 0 Å². The lowest BCUT2D eigenvalue weighted by Gasteiger charge is -2.05. The van der Waals surface area contributed by atoms with Crippen molar-refractivity contribution in [2.45, 2.75) is 13.0 Å². The number of amides is 1. The van der Waals surface area contributed by atoms with Gasteiger partial charge in [-0.2, -0.15) is 0 Å². The minimum atomic E-state index is -0.529. The highest BCUT2D eigenvalue weighted by Crippen LogP contribution is 2.27. The zero-order chi connectivity index (χ0) is 15.6. The van der Waals surface area contributed by atoms with Gasteiger partial charge in [-0.1, -0.05) is 0 Å². The Morgan fingerprint density at radius 2 is 2.29 bits per heavy atom. The van der Waals surface area contributed by atoms with Crippen LogP contribution < -0.4 is 11.1 Å². The van der Waals surface area contributed by atoms with Gasteiger partial charge in [0.05, 0.1) is 16.7 Å². The van der Waals surface area contributed by atoms with E-state index in [0.717, 1.165) is 0 Å². The first-order valence-corrected chi connectivity index (χ1v) is 7.52. The number of halogens is 1. The van der Waals surface area contributed by atoms with Crippen molar-refractivity contribution in [3.05, 3.63) is 48.9 Å². The van der Waals surface area contributed by atoms with Crippen LogP contribution in [-0.4, -0.2) is 15.8 Å². The summed E-state index contributed by atoms with van der Waals surface area (Å²) in [6.45, 7) is 1.78. The van der Waals surface area contributed by atoms with E-state index in [1.54, 1.807) is 12.3 Å².